The van der Waals surface area contributed by atoms with Crippen LogP contribution in [0.3, 0.4) is 0 Å². The third kappa shape index (κ3) is 2.04. The Labute approximate surface area is 79.3 Å². The minimum atomic E-state index is -4.88. The number of allylic oxidation sites excluding steroid dienone is 2. The number of hydrogen-bond acceptors (Lipinski definition) is 2. The van der Waals surface area contributed by atoms with Crippen LogP contribution in [0.1, 0.15) is 13.3 Å². The SMILES string of the molecule is CC1=CCC(N)(C(=O)C(F)(F)F)C=C1. The maximum Gasteiger partial charge on any atom is 0.452 e. The smallest absolute Gasteiger partial charge is 0.315 e. The zero-order chi connectivity index (χ0) is 11.0. The van der Waals surface area contributed by atoms with E-state index in [2.05, 4.69) is 0 Å². The van der Waals surface area contributed by atoms with Crippen molar-refractivity contribution >= 4 is 5.78 Å². The Morgan fingerprint density at radius 2 is 2.14 bits per heavy atom. The number of rotatable bonds is 1. The summed E-state index contributed by atoms with van der Waals surface area (Å²) >= 11 is 0. The van der Waals surface area contributed by atoms with Gasteiger partial charge in [-0.15, -0.1) is 0 Å². The zero-order valence-electron chi connectivity index (χ0n) is 7.56. The summed E-state index contributed by atoms with van der Waals surface area (Å²) in [5, 5.41) is 0. The molecule has 0 amide bonds. The molecule has 0 radical (unpaired) electrons. The van der Waals surface area contributed by atoms with Gasteiger partial charge < -0.3 is 5.73 Å². The van der Waals surface area contributed by atoms with Gasteiger partial charge in [0, 0.05) is 0 Å². The minimum Gasteiger partial charge on any atom is -0.315 e. The number of carbonyl (C=O) groups excluding carboxylic acids is 1. The summed E-state index contributed by atoms with van der Waals surface area (Å²) in [4.78, 5) is 10.9. The third-order valence-electron chi connectivity index (χ3n) is 2.09. The van der Waals surface area contributed by atoms with E-state index in [1.54, 1.807) is 6.92 Å². The van der Waals surface area contributed by atoms with E-state index in [4.69, 9.17) is 5.73 Å². The van der Waals surface area contributed by atoms with Crippen LogP contribution in [0.4, 0.5) is 13.2 Å². The molecule has 5 heteroatoms. The van der Waals surface area contributed by atoms with Gasteiger partial charge in [0.25, 0.3) is 5.78 Å². The molecule has 0 aliphatic heterocycles. The Balaban J connectivity index is 2.90. The van der Waals surface area contributed by atoms with Crippen LogP contribution >= 0.6 is 0 Å². The maximum atomic E-state index is 12.1. The van der Waals surface area contributed by atoms with E-state index >= 15 is 0 Å². The molecule has 1 atom stereocenters. The van der Waals surface area contributed by atoms with Gasteiger partial charge in [-0.1, -0.05) is 23.8 Å². The topological polar surface area (TPSA) is 43.1 Å². The number of nitrogens with two attached hydrogens (primary N) is 1. The molecule has 0 saturated carbocycles. The van der Waals surface area contributed by atoms with E-state index in [9.17, 15) is 18.0 Å². The van der Waals surface area contributed by atoms with Crippen molar-refractivity contribution < 1.29 is 18.0 Å². The minimum absolute atomic E-state index is 0.103. The predicted molar refractivity (Wildman–Crippen MR) is 45.5 cm³/mol. The fraction of sp³-hybridized carbons (Fsp3) is 0.444. The van der Waals surface area contributed by atoms with Crippen LogP contribution in [-0.4, -0.2) is 17.5 Å². The molecule has 0 fully saturated rings. The summed E-state index contributed by atoms with van der Waals surface area (Å²) in [6.45, 7) is 1.73. The van der Waals surface area contributed by atoms with Gasteiger partial charge in [0.1, 0.15) is 5.54 Å². The van der Waals surface area contributed by atoms with Crippen LogP contribution in [-0.2, 0) is 4.79 Å². The lowest BCUT2D eigenvalue weighted by molar-refractivity contribution is -0.175. The summed E-state index contributed by atoms with van der Waals surface area (Å²) < 4.78 is 36.3. The van der Waals surface area contributed by atoms with E-state index in [1.807, 2.05) is 0 Å². The Hall–Kier alpha value is -1.10. The fourth-order valence-corrected chi connectivity index (χ4v) is 1.18. The Morgan fingerprint density at radius 1 is 1.57 bits per heavy atom. The van der Waals surface area contributed by atoms with Crippen LogP contribution in [0.15, 0.2) is 23.8 Å². The molecule has 2 N–H and O–H groups in total. The normalized spacial score (nSPS) is 27.4. The van der Waals surface area contributed by atoms with E-state index in [1.165, 1.54) is 12.2 Å². The van der Waals surface area contributed by atoms with Gasteiger partial charge in [0.15, 0.2) is 0 Å². The van der Waals surface area contributed by atoms with Crippen molar-refractivity contribution in [1.82, 2.24) is 0 Å². The molecule has 1 aliphatic rings. The second-order valence-corrected chi connectivity index (χ2v) is 3.35. The van der Waals surface area contributed by atoms with Crippen LogP contribution in [0.25, 0.3) is 0 Å². The highest BCUT2D eigenvalue weighted by Gasteiger charge is 2.49. The van der Waals surface area contributed by atoms with Crippen LogP contribution in [0.2, 0.25) is 0 Å². The van der Waals surface area contributed by atoms with Crippen LogP contribution in [0.5, 0.6) is 0 Å². The van der Waals surface area contributed by atoms with Crippen molar-refractivity contribution in [3.8, 4) is 0 Å². The number of alkyl halides is 3. The molecule has 0 heterocycles. The molecule has 0 spiro atoms. The highest BCUT2D eigenvalue weighted by Crippen LogP contribution is 2.28. The molecule has 1 aliphatic carbocycles. The average Bonchev–Trinajstić information content (AvgIpc) is 2.08. The van der Waals surface area contributed by atoms with Crippen molar-refractivity contribution in [1.29, 1.82) is 0 Å². The lowest BCUT2D eigenvalue weighted by atomic mass is 9.86. The first-order valence-corrected chi connectivity index (χ1v) is 4.02. The molecule has 14 heavy (non-hydrogen) atoms. The van der Waals surface area contributed by atoms with Crippen molar-refractivity contribution in [2.75, 3.05) is 0 Å². The van der Waals surface area contributed by atoms with E-state index in [0.29, 0.717) is 0 Å². The number of halogens is 3. The van der Waals surface area contributed by atoms with Gasteiger partial charge in [0.05, 0.1) is 0 Å². The van der Waals surface area contributed by atoms with Gasteiger partial charge in [-0.3, -0.25) is 4.79 Å². The molecular formula is C9H10F3NO. The molecule has 1 unspecified atom stereocenters. The quantitative estimate of drug-likeness (QED) is 0.708. The number of ketones is 1. The van der Waals surface area contributed by atoms with Gasteiger partial charge in [-0.25, -0.2) is 0 Å². The molecule has 2 nitrogen and oxygen atoms in total. The standard InChI is InChI=1S/C9H10F3NO/c1-6-2-4-8(13,5-3-6)7(14)9(10,11)12/h2-4H,5,13H2,1H3. The van der Waals surface area contributed by atoms with Crippen molar-refractivity contribution in [2.24, 2.45) is 5.73 Å². The number of hydrogen-bond donors (Lipinski definition) is 1. The first-order chi connectivity index (χ1) is 6.26. The van der Waals surface area contributed by atoms with E-state index in [0.717, 1.165) is 11.6 Å². The number of carbonyl (C=O) groups is 1. The largest absolute Gasteiger partial charge is 0.452 e. The summed E-state index contributed by atoms with van der Waals surface area (Å²) in [6, 6.07) is 0. The second-order valence-electron chi connectivity index (χ2n) is 3.35. The van der Waals surface area contributed by atoms with Crippen LogP contribution in [0, 0.1) is 0 Å². The Bertz CT molecular complexity index is 317. The van der Waals surface area contributed by atoms with Gasteiger partial charge in [-0.2, -0.15) is 13.2 Å². The summed E-state index contributed by atoms with van der Waals surface area (Å²) in [5.74, 6) is -1.90. The molecule has 78 valence electrons. The first kappa shape index (κ1) is 11.0. The number of Topliss-reactive ketones (excluding diaryl/α,β-unsaturated/α-hetero) is 1. The summed E-state index contributed by atoms with van der Waals surface area (Å²) in [6.07, 6.45) is -0.930. The van der Waals surface area contributed by atoms with E-state index < -0.39 is 17.5 Å². The summed E-state index contributed by atoms with van der Waals surface area (Å²) in [5.41, 5.74) is 4.24. The van der Waals surface area contributed by atoms with E-state index in [-0.39, 0.29) is 6.42 Å². The molecule has 0 saturated heterocycles. The maximum absolute atomic E-state index is 12.1. The molecular weight excluding hydrogens is 195 g/mol. The highest BCUT2D eigenvalue weighted by atomic mass is 19.4. The summed E-state index contributed by atoms with van der Waals surface area (Å²) in [7, 11) is 0. The Kier molecular flexibility index (Phi) is 2.54. The third-order valence-corrected chi connectivity index (χ3v) is 2.09. The molecule has 0 aromatic heterocycles. The average molecular weight is 205 g/mol. The molecule has 0 aromatic rings. The Morgan fingerprint density at radius 3 is 2.50 bits per heavy atom. The molecule has 0 aromatic carbocycles. The van der Waals surface area contributed by atoms with Crippen LogP contribution < -0.4 is 5.73 Å². The van der Waals surface area contributed by atoms with Gasteiger partial charge in [0.2, 0.25) is 0 Å². The fourth-order valence-electron chi connectivity index (χ4n) is 1.18. The lowest BCUT2D eigenvalue weighted by Crippen LogP contribution is -2.52. The van der Waals surface area contributed by atoms with Crippen molar-refractivity contribution in [2.45, 2.75) is 25.1 Å². The van der Waals surface area contributed by atoms with Gasteiger partial charge >= 0.3 is 6.18 Å². The van der Waals surface area contributed by atoms with Crippen molar-refractivity contribution in [3.05, 3.63) is 23.8 Å². The highest BCUT2D eigenvalue weighted by molar-refractivity contribution is 5.95. The zero-order valence-corrected chi connectivity index (χ0v) is 7.56. The monoisotopic (exact) mass is 205 g/mol. The lowest BCUT2D eigenvalue weighted by Gasteiger charge is -2.26. The van der Waals surface area contributed by atoms with Crippen molar-refractivity contribution in [3.63, 3.8) is 0 Å². The molecule has 0 bridgehead atoms. The molecule has 1 rings (SSSR count). The predicted octanol–water partition coefficient (Wildman–Crippen LogP) is 1.72. The second kappa shape index (κ2) is 3.24. The first-order valence-electron chi connectivity index (χ1n) is 4.02. The van der Waals surface area contributed by atoms with Gasteiger partial charge in [-0.05, 0) is 13.3 Å².